The molecule has 0 aromatic heterocycles. The molecular weight excluding hydrogens is 678 g/mol. The number of Topliss-reactive ketones (excluding diaryl/α,β-unsaturated/α-hetero) is 1. The second-order valence-corrected chi connectivity index (χ2v) is 15.6. The van der Waals surface area contributed by atoms with E-state index in [2.05, 4.69) is 5.32 Å². The molecule has 0 radical (unpaired) electrons. The van der Waals surface area contributed by atoms with E-state index in [0.29, 0.717) is 31.4 Å². The van der Waals surface area contributed by atoms with Crippen LogP contribution in [0, 0.1) is 28.6 Å². The van der Waals surface area contributed by atoms with Crippen LogP contribution >= 0.6 is 11.6 Å². The van der Waals surface area contributed by atoms with E-state index in [-0.39, 0.29) is 50.2 Å². The summed E-state index contributed by atoms with van der Waals surface area (Å²) in [6, 6.07) is 6.97. The van der Waals surface area contributed by atoms with E-state index < -0.39 is 63.9 Å². The number of rotatable bonds is 11. The molecule has 4 aliphatic rings. The Kier molecular flexibility index (Phi) is 11.0. The number of nitrogens with two attached hydrogens (primary N) is 1. The fourth-order valence-corrected chi connectivity index (χ4v) is 9.93. The van der Waals surface area contributed by atoms with Crippen LogP contribution in [0.1, 0.15) is 71.8 Å². The molecule has 3 saturated carbocycles. The number of carbonyl (C=O) groups is 5. The number of hydrogen-bond donors (Lipinski definition) is 3. The molecule has 0 bridgehead atoms. The van der Waals surface area contributed by atoms with Crippen LogP contribution < -0.4 is 11.1 Å². The number of aliphatic hydroxyl groups excluding tert-OH is 1. The molecule has 2 amide bonds. The van der Waals surface area contributed by atoms with Crippen molar-refractivity contribution < 1.29 is 43.3 Å². The number of nitrogen functional groups attached to an aromatic ring is 1. The highest BCUT2D eigenvalue weighted by atomic mass is 35.5. The number of amides is 2. The normalized spacial score (nSPS) is 33.5. The van der Waals surface area contributed by atoms with E-state index in [1.165, 1.54) is 18.0 Å². The van der Waals surface area contributed by atoms with Crippen molar-refractivity contribution in [3.63, 3.8) is 0 Å². The van der Waals surface area contributed by atoms with Gasteiger partial charge in [0.15, 0.2) is 18.0 Å². The van der Waals surface area contributed by atoms with E-state index in [4.69, 9.17) is 31.5 Å². The fourth-order valence-electron chi connectivity index (χ4n) is 9.41. The first kappa shape index (κ1) is 38.3. The summed E-state index contributed by atoms with van der Waals surface area (Å²) in [5.41, 5.74) is 4.49. The van der Waals surface area contributed by atoms with Gasteiger partial charge in [0.1, 0.15) is 6.61 Å². The molecule has 1 aromatic rings. The van der Waals surface area contributed by atoms with Gasteiger partial charge in [0.25, 0.3) is 0 Å². The van der Waals surface area contributed by atoms with Crippen molar-refractivity contribution in [3.05, 3.63) is 53.6 Å². The van der Waals surface area contributed by atoms with Gasteiger partial charge in [-0.25, -0.2) is 9.59 Å². The van der Waals surface area contributed by atoms with Crippen molar-refractivity contribution in [2.45, 2.75) is 89.4 Å². The summed E-state index contributed by atoms with van der Waals surface area (Å²) in [5.74, 6) is -2.15. The lowest BCUT2D eigenvalue weighted by Gasteiger charge is -2.64. The largest absolute Gasteiger partial charge is 0.450 e. The van der Waals surface area contributed by atoms with Gasteiger partial charge in [-0.05, 0) is 73.8 Å². The summed E-state index contributed by atoms with van der Waals surface area (Å²) in [7, 11) is 1.52. The van der Waals surface area contributed by atoms with Gasteiger partial charge in [-0.3, -0.25) is 14.4 Å². The Balaban J connectivity index is 1.23. The van der Waals surface area contributed by atoms with Gasteiger partial charge >= 0.3 is 18.2 Å². The van der Waals surface area contributed by atoms with Crippen LogP contribution in [0.15, 0.2) is 48.1 Å². The number of nitrogens with zero attached hydrogens (tertiary/aromatic N) is 1. The average Bonchev–Trinajstić information content (AvgIpc) is 3.31. The minimum atomic E-state index is -1.67. The van der Waals surface area contributed by atoms with Crippen LogP contribution in [0.2, 0.25) is 0 Å². The van der Waals surface area contributed by atoms with E-state index in [9.17, 15) is 29.1 Å². The summed E-state index contributed by atoms with van der Waals surface area (Å²) in [4.78, 5) is 64.9. The zero-order valence-corrected chi connectivity index (χ0v) is 30.8. The highest BCUT2D eigenvalue weighted by Gasteiger charge is 2.76. The molecule has 1 unspecified atom stereocenters. The molecule has 13 heteroatoms. The number of benzene rings is 1. The number of hydrogen-bond acceptors (Lipinski definition) is 10. The molecule has 12 nitrogen and oxygen atoms in total. The summed E-state index contributed by atoms with van der Waals surface area (Å²) in [6.45, 7) is 7.27. The van der Waals surface area contributed by atoms with Crippen molar-refractivity contribution in [3.8, 4) is 0 Å². The molecule has 0 heterocycles. The quantitative estimate of drug-likeness (QED) is 0.0915. The van der Waals surface area contributed by atoms with E-state index in [0.717, 1.165) is 11.1 Å². The number of allylic oxidation sites excluding steroid dienone is 4. The van der Waals surface area contributed by atoms with Crippen molar-refractivity contribution >= 4 is 47.0 Å². The van der Waals surface area contributed by atoms with Crippen LogP contribution in [0.4, 0.5) is 15.3 Å². The zero-order chi connectivity index (χ0) is 37.4. The zero-order valence-electron chi connectivity index (χ0n) is 30.0. The van der Waals surface area contributed by atoms with Crippen molar-refractivity contribution in [1.82, 2.24) is 10.2 Å². The Morgan fingerprint density at radius 1 is 1.12 bits per heavy atom. The van der Waals surface area contributed by atoms with E-state index in [1.54, 1.807) is 37.3 Å². The molecule has 4 N–H and O–H groups in total. The minimum Gasteiger partial charge on any atom is -0.450 e. The smallest absolute Gasteiger partial charge is 0.409 e. The first-order valence-corrected chi connectivity index (χ1v) is 18.1. The number of aliphatic hydroxyl groups is 1. The summed E-state index contributed by atoms with van der Waals surface area (Å²) >= 11 is 7.57. The topological polar surface area (TPSA) is 175 Å². The SMILES string of the molecule is CCC(=O)O[C@]1(C(=O)COC(=O)N(C)CCCNC(=O)OCc2ccc(N)cc2)[C@@H](C)CC2[C@@H]3CCC4=CC(=O)C=C[C@]4(C)[C@@]3(Cl)[C@@H](O)C[C@@]21C. The standard InChI is InChI=1S/C38H50ClN3O9/c1-6-32(46)51-38(31(45)22-50-34(48)42(5)17-7-16-41-33(47)49-21-24-8-11-26(40)12-9-24)23(2)18-29-28-13-10-25-19-27(43)14-15-35(25,3)37(28,39)30(44)20-36(29,38)4/h8-9,11-12,14-15,19,23,28-30,44H,6-7,10,13,16-18,20-22,40H2,1-5H3,(H,41,47)/t23-,28-,29?,30-,35-,36-,37-,38-/m0/s1. The van der Waals surface area contributed by atoms with Crippen molar-refractivity contribution in [2.24, 2.45) is 28.6 Å². The lowest BCUT2D eigenvalue weighted by Crippen LogP contribution is -2.69. The van der Waals surface area contributed by atoms with E-state index in [1.807, 2.05) is 26.8 Å². The molecule has 0 spiro atoms. The van der Waals surface area contributed by atoms with Crippen LogP contribution in [-0.2, 0) is 35.2 Å². The Morgan fingerprint density at radius 3 is 2.51 bits per heavy atom. The highest BCUT2D eigenvalue weighted by Crippen LogP contribution is 2.72. The third kappa shape index (κ3) is 6.65. The number of ketones is 2. The number of esters is 1. The monoisotopic (exact) mass is 727 g/mol. The van der Waals surface area contributed by atoms with Crippen LogP contribution in [0.3, 0.4) is 0 Å². The summed E-state index contributed by atoms with van der Waals surface area (Å²) in [5, 5.41) is 14.6. The van der Waals surface area contributed by atoms with Crippen LogP contribution in [-0.4, -0.2) is 83.1 Å². The summed E-state index contributed by atoms with van der Waals surface area (Å²) in [6.07, 6.45) is 4.68. The van der Waals surface area contributed by atoms with Crippen molar-refractivity contribution in [1.29, 1.82) is 0 Å². The number of carbonyl (C=O) groups excluding carboxylic acids is 5. The maximum Gasteiger partial charge on any atom is 0.409 e. The lowest BCUT2D eigenvalue weighted by atomic mass is 9.45. The first-order chi connectivity index (χ1) is 24.0. The van der Waals surface area contributed by atoms with Gasteiger partial charge in [0, 0.05) is 49.0 Å². The van der Waals surface area contributed by atoms with Gasteiger partial charge < -0.3 is 35.3 Å². The number of halogens is 1. The third-order valence-electron chi connectivity index (χ3n) is 12.1. The number of nitrogens with one attached hydrogen (secondary N) is 1. The molecule has 0 saturated heterocycles. The molecule has 51 heavy (non-hydrogen) atoms. The molecule has 278 valence electrons. The molecule has 8 atom stereocenters. The Hall–Kier alpha value is -3.90. The maximum absolute atomic E-state index is 14.4. The predicted molar refractivity (Wildman–Crippen MR) is 189 cm³/mol. The minimum absolute atomic E-state index is 0.0322. The van der Waals surface area contributed by atoms with Gasteiger partial charge in [-0.15, -0.1) is 11.6 Å². The number of ether oxygens (including phenoxy) is 3. The third-order valence-corrected chi connectivity index (χ3v) is 13.0. The number of alkyl carbamates (subject to hydrolysis) is 1. The molecule has 4 aliphatic carbocycles. The van der Waals surface area contributed by atoms with Crippen LogP contribution in [0.5, 0.6) is 0 Å². The molecule has 5 rings (SSSR count). The summed E-state index contributed by atoms with van der Waals surface area (Å²) < 4.78 is 16.9. The second kappa shape index (κ2) is 14.6. The maximum atomic E-state index is 14.4. The van der Waals surface area contributed by atoms with Gasteiger partial charge in [0.2, 0.25) is 5.78 Å². The fraction of sp³-hybridized carbons (Fsp3) is 0.605. The number of fused-ring (bicyclic) bond motifs is 5. The molecule has 3 fully saturated rings. The Morgan fingerprint density at radius 2 is 1.82 bits per heavy atom. The Bertz CT molecular complexity index is 1610. The van der Waals surface area contributed by atoms with E-state index >= 15 is 0 Å². The molecular formula is C38H50ClN3O9. The lowest BCUT2D eigenvalue weighted by molar-refractivity contribution is -0.202. The van der Waals surface area contributed by atoms with Gasteiger partial charge in [-0.2, -0.15) is 0 Å². The predicted octanol–water partition coefficient (Wildman–Crippen LogP) is 5.10. The van der Waals surface area contributed by atoms with Crippen LogP contribution in [0.25, 0.3) is 0 Å². The highest BCUT2D eigenvalue weighted by molar-refractivity contribution is 6.26. The van der Waals surface area contributed by atoms with Crippen molar-refractivity contribution in [2.75, 3.05) is 32.5 Å². The molecule has 0 aliphatic heterocycles. The number of anilines is 1. The Labute approximate surface area is 304 Å². The van der Waals surface area contributed by atoms with Gasteiger partial charge in [-0.1, -0.05) is 51.5 Å². The van der Waals surface area contributed by atoms with Gasteiger partial charge in [0.05, 0.1) is 11.0 Å². The number of alkyl halides is 1. The first-order valence-electron chi connectivity index (χ1n) is 17.7. The molecule has 1 aromatic carbocycles. The average molecular weight is 728 g/mol. The second-order valence-electron chi connectivity index (χ2n) is 15.0.